The summed E-state index contributed by atoms with van der Waals surface area (Å²) in [5.41, 5.74) is 0.325. The minimum Gasteiger partial charge on any atom is -0.411 e. The van der Waals surface area contributed by atoms with Crippen molar-refractivity contribution >= 4 is 29.1 Å². The second kappa shape index (κ2) is 24.4. The summed E-state index contributed by atoms with van der Waals surface area (Å²) < 4.78 is 10.8. The topological polar surface area (TPSA) is 195 Å². The molecule has 0 saturated heterocycles. The van der Waals surface area contributed by atoms with Gasteiger partial charge in [-0.25, -0.2) is 0 Å². The second-order valence-corrected chi connectivity index (χ2v) is 12.2. The highest BCUT2D eigenvalue weighted by Crippen LogP contribution is 2.15. The Morgan fingerprint density at radius 1 is 0.644 bits per heavy atom. The summed E-state index contributed by atoms with van der Waals surface area (Å²) in [6, 6.07) is 0. The van der Waals surface area contributed by atoms with E-state index < -0.39 is 11.1 Å². The smallest absolute Gasteiger partial charge is 0.220 e. The van der Waals surface area contributed by atoms with Crippen LogP contribution in [-0.4, -0.2) is 110 Å². The van der Waals surface area contributed by atoms with Crippen LogP contribution in [-0.2, 0) is 23.9 Å². The van der Waals surface area contributed by atoms with Crippen molar-refractivity contribution in [2.45, 2.75) is 104 Å². The van der Waals surface area contributed by atoms with Gasteiger partial charge in [-0.2, -0.15) is 0 Å². The van der Waals surface area contributed by atoms with Gasteiger partial charge in [0, 0.05) is 38.9 Å². The van der Waals surface area contributed by atoms with E-state index in [1.54, 1.807) is 20.8 Å². The van der Waals surface area contributed by atoms with Crippen LogP contribution in [0.4, 0.5) is 0 Å². The first-order valence-electron chi connectivity index (χ1n) is 16.1. The van der Waals surface area contributed by atoms with E-state index in [1.165, 1.54) is 0 Å². The maximum atomic E-state index is 12.4. The highest BCUT2D eigenvalue weighted by Gasteiger charge is 2.23. The first-order valence-corrected chi connectivity index (χ1v) is 16.1. The van der Waals surface area contributed by atoms with E-state index in [9.17, 15) is 14.4 Å². The number of carbonyl (C=O) groups is 3. The Balaban J connectivity index is 4.30. The molecule has 0 saturated carbocycles. The normalized spacial score (nSPS) is 12.8. The molecule has 0 spiro atoms. The van der Waals surface area contributed by atoms with Gasteiger partial charge in [0.15, 0.2) is 0 Å². The summed E-state index contributed by atoms with van der Waals surface area (Å²) >= 11 is 0. The monoisotopic (exact) mass is 643 g/mol. The highest BCUT2D eigenvalue weighted by molar-refractivity contribution is 5.90. The third-order valence-corrected chi connectivity index (χ3v) is 7.86. The molecule has 0 aliphatic carbocycles. The number of hydrogen-bond donors (Lipinski definition) is 7. The lowest BCUT2D eigenvalue weighted by atomic mass is 9.94. The van der Waals surface area contributed by atoms with Crippen LogP contribution in [0, 0.1) is 5.92 Å². The first kappa shape index (κ1) is 42.2. The molecule has 0 aromatic rings. The fourth-order valence-electron chi connectivity index (χ4n) is 4.09. The molecule has 0 aliphatic rings. The molecular weight excluding hydrogens is 582 g/mol. The fourth-order valence-corrected chi connectivity index (χ4v) is 4.09. The Bertz CT molecular complexity index is 875. The predicted molar refractivity (Wildman–Crippen MR) is 176 cm³/mol. The molecule has 3 amide bonds. The molecule has 0 aliphatic heterocycles. The number of hydrogen-bond acceptors (Lipinski definition) is 11. The van der Waals surface area contributed by atoms with E-state index in [0.717, 1.165) is 19.3 Å². The van der Waals surface area contributed by atoms with Crippen molar-refractivity contribution in [3.63, 3.8) is 0 Å². The van der Waals surface area contributed by atoms with E-state index >= 15 is 0 Å². The van der Waals surface area contributed by atoms with Crippen molar-refractivity contribution in [2.75, 3.05) is 59.2 Å². The molecule has 262 valence electrons. The number of nitrogens with zero attached hydrogens (tertiary/aromatic N) is 2. The van der Waals surface area contributed by atoms with Crippen molar-refractivity contribution < 1.29 is 34.3 Å². The van der Waals surface area contributed by atoms with Gasteiger partial charge in [-0.1, -0.05) is 17.2 Å². The fraction of sp³-hybridized carbons (Fsp3) is 0.839. The van der Waals surface area contributed by atoms with Gasteiger partial charge in [0.05, 0.1) is 48.9 Å². The van der Waals surface area contributed by atoms with Crippen molar-refractivity contribution in [3.05, 3.63) is 0 Å². The summed E-state index contributed by atoms with van der Waals surface area (Å²) in [6.07, 6.45) is 3.96. The summed E-state index contributed by atoms with van der Waals surface area (Å²) in [5, 5.41) is 40.3. The largest absolute Gasteiger partial charge is 0.411 e. The lowest BCUT2D eigenvalue weighted by molar-refractivity contribution is -0.123. The number of rotatable bonds is 27. The summed E-state index contributed by atoms with van der Waals surface area (Å²) in [5.74, 6) is 0.0984. The maximum absolute atomic E-state index is 12.4. The average Bonchev–Trinajstić information content (AvgIpc) is 3.00. The van der Waals surface area contributed by atoms with E-state index in [1.807, 2.05) is 27.7 Å². The molecule has 0 heterocycles. The number of ether oxygens (including phenoxy) is 2. The Kier molecular flexibility index (Phi) is 22.9. The molecule has 0 radical (unpaired) electrons. The van der Waals surface area contributed by atoms with Crippen LogP contribution >= 0.6 is 0 Å². The summed E-state index contributed by atoms with van der Waals surface area (Å²) in [6.45, 7) is 17.6. The van der Waals surface area contributed by atoms with Crippen molar-refractivity contribution in [3.8, 4) is 0 Å². The predicted octanol–water partition coefficient (Wildman–Crippen LogP) is 2.17. The molecule has 0 rings (SSSR count). The van der Waals surface area contributed by atoms with Crippen molar-refractivity contribution in [2.24, 2.45) is 16.2 Å². The van der Waals surface area contributed by atoms with Crippen LogP contribution in [0.3, 0.4) is 0 Å². The number of carbonyl (C=O) groups excluding carboxylic acids is 3. The maximum Gasteiger partial charge on any atom is 0.220 e. The first-order chi connectivity index (χ1) is 21.3. The van der Waals surface area contributed by atoms with E-state index in [4.69, 9.17) is 19.9 Å². The van der Waals surface area contributed by atoms with E-state index in [-0.39, 0.29) is 30.6 Å². The van der Waals surface area contributed by atoms with Gasteiger partial charge in [0.2, 0.25) is 17.7 Å². The number of oxime groups is 2. The van der Waals surface area contributed by atoms with Gasteiger partial charge >= 0.3 is 0 Å². The Hall–Kier alpha value is -2.81. The molecule has 7 N–H and O–H groups in total. The second-order valence-electron chi connectivity index (χ2n) is 12.2. The van der Waals surface area contributed by atoms with E-state index in [0.29, 0.717) is 89.3 Å². The standard InChI is InChI=1S/C31H61N7O7/c1-8-27(39)33-18-20-44-22-23-45-21-19-34-29(41)11-9-10-28(40)32-15-12-26(13-16-35-30(4,5)24(2)37-42)14-17-36-31(6,7)25(3)38-43/h26,35-36,42-43H,8-23H2,1-7H3,(H,32,40)(H,33,39)(H,34,41)/b37-24-,38-25-. The zero-order chi connectivity index (χ0) is 34.1. The lowest BCUT2D eigenvalue weighted by Crippen LogP contribution is -2.47. The molecule has 45 heavy (non-hydrogen) atoms. The van der Waals surface area contributed by atoms with Gasteiger partial charge < -0.3 is 46.5 Å². The van der Waals surface area contributed by atoms with Crippen LogP contribution < -0.4 is 26.6 Å². The minimum atomic E-state index is -0.438. The molecule has 0 aromatic carbocycles. The highest BCUT2D eigenvalue weighted by atomic mass is 16.5. The van der Waals surface area contributed by atoms with Crippen molar-refractivity contribution in [1.82, 2.24) is 26.6 Å². The molecule has 0 aromatic heterocycles. The molecule has 0 unspecified atom stereocenters. The number of amides is 3. The zero-order valence-corrected chi connectivity index (χ0v) is 28.7. The lowest BCUT2D eigenvalue weighted by Gasteiger charge is -2.28. The van der Waals surface area contributed by atoms with Crippen molar-refractivity contribution in [1.29, 1.82) is 0 Å². The third kappa shape index (κ3) is 21.5. The van der Waals surface area contributed by atoms with Gasteiger partial charge in [-0.3, -0.25) is 14.4 Å². The van der Waals surface area contributed by atoms with Crippen LogP contribution in [0.25, 0.3) is 0 Å². The Morgan fingerprint density at radius 2 is 1.04 bits per heavy atom. The SMILES string of the molecule is CCC(=O)NCCOCCOCCNC(=O)CCCC(=O)NCCC(CCNC(C)(C)/C(C)=N\O)CCNC(C)(C)/C(C)=N\O. The molecule has 14 nitrogen and oxygen atoms in total. The Labute approximate surface area is 269 Å². The molecule has 0 bridgehead atoms. The van der Waals surface area contributed by atoms with Crippen LogP contribution in [0.5, 0.6) is 0 Å². The summed E-state index contributed by atoms with van der Waals surface area (Å²) in [4.78, 5) is 35.6. The minimum absolute atomic E-state index is 0.00627. The molecular formula is C31H61N7O7. The number of nitrogens with one attached hydrogen (secondary N) is 5. The van der Waals surface area contributed by atoms with Gasteiger partial charge in [0.25, 0.3) is 0 Å². The van der Waals surface area contributed by atoms with Gasteiger partial charge in [-0.05, 0) is 86.2 Å². The molecule has 0 fully saturated rings. The van der Waals surface area contributed by atoms with Crippen LogP contribution in [0.2, 0.25) is 0 Å². The van der Waals surface area contributed by atoms with Gasteiger partial charge in [0.1, 0.15) is 0 Å². The zero-order valence-electron chi connectivity index (χ0n) is 28.7. The summed E-state index contributed by atoms with van der Waals surface area (Å²) in [7, 11) is 0. The Morgan fingerprint density at radius 3 is 1.47 bits per heavy atom. The average molecular weight is 644 g/mol. The van der Waals surface area contributed by atoms with Crippen LogP contribution in [0.1, 0.15) is 93.4 Å². The molecule has 14 heteroatoms. The van der Waals surface area contributed by atoms with Crippen LogP contribution in [0.15, 0.2) is 10.3 Å². The van der Waals surface area contributed by atoms with E-state index in [2.05, 4.69) is 36.9 Å². The third-order valence-electron chi connectivity index (χ3n) is 7.86. The van der Waals surface area contributed by atoms with Gasteiger partial charge in [-0.15, -0.1) is 0 Å². The molecule has 0 atom stereocenters. The quantitative estimate of drug-likeness (QED) is 0.0304.